The summed E-state index contributed by atoms with van der Waals surface area (Å²) in [6.07, 6.45) is 1.92. The lowest BCUT2D eigenvalue weighted by Crippen LogP contribution is -2.32. The van der Waals surface area contributed by atoms with Gasteiger partial charge in [-0.15, -0.1) is 0 Å². The Bertz CT molecular complexity index is 583. The summed E-state index contributed by atoms with van der Waals surface area (Å²) in [5, 5.41) is 9.72. The van der Waals surface area contributed by atoms with Crippen LogP contribution in [0.15, 0.2) is 30.5 Å². The highest BCUT2D eigenvalue weighted by Crippen LogP contribution is 2.23. The second kappa shape index (κ2) is 5.01. The predicted octanol–water partition coefficient (Wildman–Crippen LogP) is 1.20. The van der Waals surface area contributed by atoms with Gasteiger partial charge in [0, 0.05) is 11.6 Å². The van der Waals surface area contributed by atoms with E-state index in [-0.39, 0.29) is 6.42 Å². The zero-order valence-electron chi connectivity index (χ0n) is 9.96. The number of nitrogens with zero attached hydrogens (tertiary/aromatic N) is 1. The third kappa shape index (κ3) is 2.41. The SMILES string of the molecule is COc1ccc2nccc(CC(N)C(=O)O)c2c1. The van der Waals surface area contributed by atoms with Gasteiger partial charge in [-0.25, -0.2) is 0 Å². The van der Waals surface area contributed by atoms with Gasteiger partial charge in [-0.2, -0.15) is 0 Å². The zero-order chi connectivity index (χ0) is 13.1. The molecule has 1 aromatic carbocycles. The van der Waals surface area contributed by atoms with Gasteiger partial charge < -0.3 is 15.6 Å². The number of carboxylic acids is 1. The smallest absolute Gasteiger partial charge is 0.320 e. The first kappa shape index (κ1) is 12.3. The summed E-state index contributed by atoms with van der Waals surface area (Å²) in [4.78, 5) is 15.0. The Labute approximate surface area is 104 Å². The predicted molar refractivity (Wildman–Crippen MR) is 67.6 cm³/mol. The first-order chi connectivity index (χ1) is 8.61. The number of methoxy groups -OCH3 is 1. The largest absolute Gasteiger partial charge is 0.497 e. The Morgan fingerprint density at radius 1 is 1.50 bits per heavy atom. The van der Waals surface area contributed by atoms with Crippen molar-refractivity contribution in [2.24, 2.45) is 5.73 Å². The molecule has 1 aromatic heterocycles. The van der Waals surface area contributed by atoms with E-state index in [0.717, 1.165) is 16.5 Å². The number of aromatic nitrogens is 1. The van der Waals surface area contributed by atoms with Crippen LogP contribution >= 0.6 is 0 Å². The Balaban J connectivity index is 2.46. The van der Waals surface area contributed by atoms with Gasteiger partial charge >= 0.3 is 5.97 Å². The molecule has 0 spiro atoms. The van der Waals surface area contributed by atoms with Crippen LogP contribution in [0, 0.1) is 0 Å². The van der Waals surface area contributed by atoms with Crippen molar-refractivity contribution in [3.8, 4) is 5.75 Å². The number of benzene rings is 1. The molecular formula is C13H14N2O3. The van der Waals surface area contributed by atoms with Crippen molar-refractivity contribution in [1.82, 2.24) is 4.98 Å². The van der Waals surface area contributed by atoms with Crippen molar-refractivity contribution in [3.63, 3.8) is 0 Å². The van der Waals surface area contributed by atoms with Crippen LogP contribution in [0.25, 0.3) is 10.9 Å². The zero-order valence-corrected chi connectivity index (χ0v) is 9.96. The fourth-order valence-electron chi connectivity index (χ4n) is 1.81. The summed E-state index contributed by atoms with van der Waals surface area (Å²) < 4.78 is 5.15. The van der Waals surface area contributed by atoms with Gasteiger partial charge in [-0.3, -0.25) is 9.78 Å². The van der Waals surface area contributed by atoms with Crippen LogP contribution in [0.2, 0.25) is 0 Å². The number of carboxylic acid groups (broad SMARTS) is 1. The molecule has 1 atom stereocenters. The molecule has 2 aromatic rings. The molecular weight excluding hydrogens is 232 g/mol. The second-order valence-corrected chi connectivity index (χ2v) is 4.00. The molecule has 94 valence electrons. The molecule has 3 N–H and O–H groups in total. The maximum absolute atomic E-state index is 10.8. The standard InChI is InChI=1S/C13H14N2O3/c1-18-9-2-3-12-10(7-9)8(4-5-15-12)6-11(14)13(16)17/h2-5,7,11H,6,14H2,1H3,(H,16,17). The highest BCUT2D eigenvalue weighted by Gasteiger charge is 2.14. The monoisotopic (exact) mass is 246 g/mol. The summed E-state index contributed by atoms with van der Waals surface area (Å²) in [6.45, 7) is 0. The number of hydrogen-bond donors (Lipinski definition) is 2. The van der Waals surface area contributed by atoms with Crippen LogP contribution in [0.1, 0.15) is 5.56 Å². The molecule has 0 aliphatic heterocycles. The Hall–Kier alpha value is -2.14. The number of aliphatic carboxylic acids is 1. The van der Waals surface area contributed by atoms with Gasteiger partial charge in [-0.05, 0) is 36.2 Å². The second-order valence-electron chi connectivity index (χ2n) is 4.00. The van der Waals surface area contributed by atoms with Crippen molar-refractivity contribution >= 4 is 16.9 Å². The van der Waals surface area contributed by atoms with E-state index in [2.05, 4.69) is 4.98 Å². The van der Waals surface area contributed by atoms with E-state index in [1.807, 2.05) is 18.2 Å². The normalized spacial score (nSPS) is 12.3. The van der Waals surface area contributed by atoms with Gasteiger partial charge in [0.25, 0.3) is 0 Å². The number of hydrogen-bond acceptors (Lipinski definition) is 4. The molecule has 0 bridgehead atoms. The minimum Gasteiger partial charge on any atom is -0.497 e. The first-order valence-corrected chi connectivity index (χ1v) is 5.52. The van der Waals surface area contributed by atoms with Crippen LogP contribution in [0.3, 0.4) is 0 Å². The Morgan fingerprint density at radius 2 is 2.28 bits per heavy atom. The van der Waals surface area contributed by atoms with Crippen molar-refractivity contribution in [2.45, 2.75) is 12.5 Å². The number of nitrogens with two attached hydrogens (primary N) is 1. The summed E-state index contributed by atoms with van der Waals surface area (Å²) in [5.41, 5.74) is 7.21. The lowest BCUT2D eigenvalue weighted by atomic mass is 10.0. The molecule has 5 nitrogen and oxygen atoms in total. The lowest BCUT2D eigenvalue weighted by Gasteiger charge is -2.10. The maximum Gasteiger partial charge on any atom is 0.320 e. The number of ether oxygens (including phenoxy) is 1. The van der Waals surface area contributed by atoms with Crippen molar-refractivity contribution < 1.29 is 14.6 Å². The highest BCUT2D eigenvalue weighted by atomic mass is 16.5. The number of fused-ring (bicyclic) bond motifs is 1. The molecule has 2 rings (SSSR count). The van der Waals surface area contributed by atoms with Crippen LogP contribution in [0.5, 0.6) is 5.75 Å². The molecule has 0 saturated heterocycles. The van der Waals surface area contributed by atoms with Gasteiger partial charge in [0.2, 0.25) is 0 Å². The maximum atomic E-state index is 10.8. The molecule has 18 heavy (non-hydrogen) atoms. The van der Waals surface area contributed by atoms with Gasteiger partial charge in [0.15, 0.2) is 0 Å². The topological polar surface area (TPSA) is 85.4 Å². The van der Waals surface area contributed by atoms with Crippen molar-refractivity contribution in [3.05, 3.63) is 36.0 Å². The molecule has 5 heteroatoms. The minimum atomic E-state index is -1.01. The van der Waals surface area contributed by atoms with E-state index in [4.69, 9.17) is 15.6 Å². The van der Waals surface area contributed by atoms with Crippen LogP contribution in [-0.4, -0.2) is 29.2 Å². The van der Waals surface area contributed by atoms with Gasteiger partial charge in [0.1, 0.15) is 11.8 Å². The highest BCUT2D eigenvalue weighted by molar-refractivity contribution is 5.84. The Kier molecular flexibility index (Phi) is 3.43. The van der Waals surface area contributed by atoms with Crippen LogP contribution in [-0.2, 0) is 11.2 Å². The van der Waals surface area contributed by atoms with E-state index in [9.17, 15) is 4.79 Å². The van der Waals surface area contributed by atoms with Gasteiger partial charge in [-0.1, -0.05) is 0 Å². The molecule has 0 amide bonds. The molecule has 0 aliphatic carbocycles. The lowest BCUT2D eigenvalue weighted by molar-refractivity contribution is -0.138. The van der Waals surface area contributed by atoms with E-state index >= 15 is 0 Å². The first-order valence-electron chi connectivity index (χ1n) is 5.52. The van der Waals surface area contributed by atoms with Crippen LogP contribution in [0.4, 0.5) is 0 Å². The number of carbonyl (C=O) groups is 1. The van der Waals surface area contributed by atoms with E-state index < -0.39 is 12.0 Å². The molecule has 1 heterocycles. The number of pyridine rings is 1. The van der Waals surface area contributed by atoms with Gasteiger partial charge in [0.05, 0.1) is 12.6 Å². The summed E-state index contributed by atoms with van der Waals surface area (Å²) in [7, 11) is 1.58. The third-order valence-corrected chi connectivity index (χ3v) is 2.80. The molecule has 0 aliphatic rings. The van der Waals surface area contributed by atoms with E-state index in [1.54, 1.807) is 19.4 Å². The average molecular weight is 246 g/mol. The molecule has 0 fully saturated rings. The molecule has 1 unspecified atom stereocenters. The average Bonchev–Trinajstić information content (AvgIpc) is 2.38. The fraction of sp³-hybridized carbons (Fsp3) is 0.231. The van der Waals surface area contributed by atoms with E-state index in [1.165, 1.54) is 0 Å². The third-order valence-electron chi connectivity index (χ3n) is 2.80. The minimum absolute atomic E-state index is 0.265. The number of rotatable bonds is 4. The summed E-state index contributed by atoms with van der Waals surface area (Å²) in [6, 6.07) is 6.36. The Morgan fingerprint density at radius 3 is 2.94 bits per heavy atom. The summed E-state index contributed by atoms with van der Waals surface area (Å²) in [5.74, 6) is -0.302. The summed E-state index contributed by atoms with van der Waals surface area (Å²) >= 11 is 0. The molecule has 0 saturated carbocycles. The van der Waals surface area contributed by atoms with Crippen molar-refractivity contribution in [2.75, 3.05) is 7.11 Å². The van der Waals surface area contributed by atoms with Crippen LogP contribution < -0.4 is 10.5 Å². The van der Waals surface area contributed by atoms with Crippen molar-refractivity contribution in [1.29, 1.82) is 0 Å². The molecule has 0 radical (unpaired) electrons. The quantitative estimate of drug-likeness (QED) is 0.846. The van der Waals surface area contributed by atoms with E-state index in [0.29, 0.717) is 5.75 Å². The fourth-order valence-corrected chi connectivity index (χ4v) is 1.81.